The smallest absolute Gasteiger partial charge is 0.132 e. The van der Waals surface area contributed by atoms with Crippen LogP contribution in [0.25, 0.3) is 0 Å². The van der Waals surface area contributed by atoms with E-state index in [4.69, 9.17) is 11.6 Å². The van der Waals surface area contributed by atoms with E-state index in [0.717, 1.165) is 11.4 Å². The summed E-state index contributed by atoms with van der Waals surface area (Å²) >= 11 is 5.98. The molecular formula is C14H21ClN2. The summed E-state index contributed by atoms with van der Waals surface area (Å²) in [6, 6.07) is 4.67. The van der Waals surface area contributed by atoms with E-state index in [1.807, 2.05) is 12.3 Å². The number of hydrogen-bond donors (Lipinski definition) is 0. The van der Waals surface area contributed by atoms with E-state index in [1.54, 1.807) is 0 Å². The molecule has 0 unspecified atom stereocenters. The standard InChI is InChI=1S/C14H21ClN2/c1-17(13-8-4-2-3-5-9-13)14-12(11-15)7-6-10-16-14/h6-7,10,13H,2-5,8-9,11H2,1H3. The second-order valence-corrected chi connectivity index (χ2v) is 5.14. The Morgan fingerprint density at radius 1 is 1.29 bits per heavy atom. The number of pyridine rings is 1. The number of nitrogens with zero attached hydrogens (tertiary/aromatic N) is 2. The fraction of sp³-hybridized carbons (Fsp3) is 0.643. The van der Waals surface area contributed by atoms with E-state index in [2.05, 4.69) is 23.0 Å². The molecule has 0 saturated heterocycles. The van der Waals surface area contributed by atoms with Crippen molar-refractivity contribution in [3.8, 4) is 0 Å². The average molecular weight is 253 g/mol. The Morgan fingerprint density at radius 3 is 2.65 bits per heavy atom. The molecule has 0 aliphatic heterocycles. The van der Waals surface area contributed by atoms with Crippen LogP contribution in [0.15, 0.2) is 18.3 Å². The summed E-state index contributed by atoms with van der Waals surface area (Å²) in [6.45, 7) is 0. The molecule has 0 atom stereocenters. The van der Waals surface area contributed by atoms with Crippen molar-refractivity contribution in [2.75, 3.05) is 11.9 Å². The van der Waals surface area contributed by atoms with Gasteiger partial charge in [-0.05, 0) is 18.9 Å². The van der Waals surface area contributed by atoms with Crippen LogP contribution < -0.4 is 4.90 Å². The minimum Gasteiger partial charge on any atom is -0.356 e. The molecule has 94 valence electrons. The molecule has 1 aliphatic rings. The van der Waals surface area contributed by atoms with Crippen molar-refractivity contribution < 1.29 is 0 Å². The van der Waals surface area contributed by atoms with Gasteiger partial charge in [-0.15, -0.1) is 11.6 Å². The van der Waals surface area contributed by atoms with Crippen LogP contribution in [0.5, 0.6) is 0 Å². The molecule has 1 aliphatic carbocycles. The molecule has 1 saturated carbocycles. The predicted octanol–water partition coefficient (Wildman–Crippen LogP) is 3.98. The third-order valence-corrected chi connectivity index (χ3v) is 4.01. The molecule has 1 fully saturated rings. The van der Waals surface area contributed by atoms with Gasteiger partial charge in [0.1, 0.15) is 5.82 Å². The topological polar surface area (TPSA) is 16.1 Å². The molecule has 0 amide bonds. The summed E-state index contributed by atoms with van der Waals surface area (Å²) in [4.78, 5) is 6.83. The molecule has 0 radical (unpaired) electrons. The molecule has 1 aromatic heterocycles. The van der Waals surface area contributed by atoms with E-state index in [-0.39, 0.29) is 0 Å². The lowest BCUT2D eigenvalue weighted by Crippen LogP contribution is -2.32. The van der Waals surface area contributed by atoms with Crippen molar-refractivity contribution in [1.29, 1.82) is 0 Å². The van der Waals surface area contributed by atoms with Gasteiger partial charge in [-0.25, -0.2) is 4.98 Å². The first kappa shape index (κ1) is 12.7. The predicted molar refractivity (Wildman–Crippen MR) is 73.7 cm³/mol. The Balaban J connectivity index is 2.14. The molecule has 1 heterocycles. The Kier molecular flexibility index (Phi) is 4.66. The average Bonchev–Trinajstić information content (AvgIpc) is 2.66. The van der Waals surface area contributed by atoms with Gasteiger partial charge in [0.25, 0.3) is 0 Å². The molecule has 0 spiro atoms. The van der Waals surface area contributed by atoms with Gasteiger partial charge in [0.15, 0.2) is 0 Å². The quantitative estimate of drug-likeness (QED) is 0.598. The van der Waals surface area contributed by atoms with Gasteiger partial charge in [0, 0.05) is 24.8 Å². The lowest BCUT2D eigenvalue weighted by molar-refractivity contribution is 0.548. The van der Waals surface area contributed by atoms with E-state index >= 15 is 0 Å². The Morgan fingerprint density at radius 2 is 2.00 bits per heavy atom. The monoisotopic (exact) mass is 252 g/mol. The van der Waals surface area contributed by atoms with Crippen molar-refractivity contribution >= 4 is 17.4 Å². The minimum absolute atomic E-state index is 0.542. The summed E-state index contributed by atoms with van der Waals surface area (Å²) in [7, 11) is 2.16. The Labute approximate surface area is 109 Å². The van der Waals surface area contributed by atoms with Crippen molar-refractivity contribution in [3.05, 3.63) is 23.9 Å². The zero-order valence-corrected chi connectivity index (χ0v) is 11.3. The third-order valence-electron chi connectivity index (χ3n) is 3.72. The normalized spacial score (nSPS) is 17.8. The maximum atomic E-state index is 5.98. The SMILES string of the molecule is CN(c1ncccc1CCl)C1CCCCCC1. The number of halogens is 1. The molecule has 1 aromatic rings. The number of hydrogen-bond acceptors (Lipinski definition) is 2. The van der Waals surface area contributed by atoms with Gasteiger partial charge in [-0.1, -0.05) is 31.7 Å². The second kappa shape index (κ2) is 6.25. The van der Waals surface area contributed by atoms with Crippen molar-refractivity contribution in [3.63, 3.8) is 0 Å². The summed E-state index contributed by atoms with van der Waals surface area (Å²) in [5.41, 5.74) is 1.14. The van der Waals surface area contributed by atoms with Crippen LogP contribution in [0.4, 0.5) is 5.82 Å². The largest absolute Gasteiger partial charge is 0.356 e. The number of alkyl halides is 1. The van der Waals surface area contributed by atoms with Crippen molar-refractivity contribution in [2.45, 2.75) is 50.4 Å². The van der Waals surface area contributed by atoms with Gasteiger partial charge in [-0.2, -0.15) is 0 Å². The fourth-order valence-corrected chi connectivity index (χ4v) is 2.88. The fourth-order valence-electron chi connectivity index (χ4n) is 2.67. The van der Waals surface area contributed by atoms with Crippen LogP contribution in [0.1, 0.15) is 44.1 Å². The van der Waals surface area contributed by atoms with Crippen LogP contribution in [0.2, 0.25) is 0 Å². The summed E-state index contributed by atoms with van der Waals surface area (Å²) in [5, 5.41) is 0. The highest BCUT2D eigenvalue weighted by Gasteiger charge is 2.19. The van der Waals surface area contributed by atoms with Crippen LogP contribution in [0, 0.1) is 0 Å². The molecular weight excluding hydrogens is 232 g/mol. The first-order chi connectivity index (χ1) is 8.33. The van der Waals surface area contributed by atoms with Crippen molar-refractivity contribution in [2.24, 2.45) is 0 Å². The lowest BCUT2D eigenvalue weighted by atomic mass is 10.1. The van der Waals surface area contributed by atoms with Crippen LogP contribution in [-0.4, -0.2) is 18.1 Å². The van der Waals surface area contributed by atoms with Gasteiger partial charge < -0.3 is 4.90 Å². The molecule has 0 N–H and O–H groups in total. The Bertz CT molecular complexity index is 346. The number of anilines is 1. The molecule has 17 heavy (non-hydrogen) atoms. The number of rotatable bonds is 3. The van der Waals surface area contributed by atoms with Gasteiger partial charge in [0.05, 0.1) is 5.88 Å². The minimum atomic E-state index is 0.542. The van der Waals surface area contributed by atoms with Gasteiger partial charge in [-0.3, -0.25) is 0 Å². The van der Waals surface area contributed by atoms with Crippen LogP contribution in [-0.2, 0) is 5.88 Å². The van der Waals surface area contributed by atoms with E-state index in [9.17, 15) is 0 Å². The molecule has 2 nitrogen and oxygen atoms in total. The van der Waals surface area contributed by atoms with E-state index in [0.29, 0.717) is 11.9 Å². The zero-order valence-electron chi connectivity index (χ0n) is 10.5. The first-order valence-electron chi connectivity index (χ1n) is 6.55. The number of aromatic nitrogens is 1. The van der Waals surface area contributed by atoms with Gasteiger partial charge in [0.2, 0.25) is 0 Å². The summed E-state index contributed by atoms with van der Waals surface area (Å²) in [6.07, 6.45) is 9.89. The summed E-state index contributed by atoms with van der Waals surface area (Å²) < 4.78 is 0. The maximum absolute atomic E-state index is 5.98. The molecule has 0 bridgehead atoms. The highest BCUT2D eigenvalue weighted by atomic mass is 35.5. The van der Waals surface area contributed by atoms with Crippen molar-refractivity contribution in [1.82, 2.24) is 4.98 Å². The van der Waals surface area contributed by atoms with E-state index in [1.165, 1.54) is 38.5 Å². The van der Waals surface area contributed by atoms with Gasteiger partial charge >= 0.3 is 0 Å². The molecule has 3 heteroatoms. The highest BCUT2D eigenvalue weighted by molar-refractivity contribution is 6.17. The Hall–Kier alpha value is -0.760. The first-order valence-corrected chi connectivity index (χ1v) is 7.09. The highest BCUT2D eigenvalue weighted by Crippen LogP contribution is 2.26. The second-order valence-electron chi connectivity index (χ2n) is 4.88. The van der Waals surface area contributed by atoms with Crippen LogP contribution in [0.3, 0.4) is 0 Å². The molecule has 2 rings (SSSR count). The zero-order chi connectivity index (χ0) is 12.1. The molecule has 0 aromatic carbocycles. The maximum Gasteiger partial charge on any atom is 0.132 e. The summed E-state index contributed by atoms with van der Waals surface area (Å²) in [5.74, 6) is 1.61. The lowest BCUT2D eigenvalue weighted by Gasteiger charge is -2.29. The third kappa shape index (κ3) is 3.12. The van der Waals surface area contributed by atoms with Crippen LogP contribution >= 0.6 is 11.6 Å². The van der Waals surface area contributed by atoms with E-state index < -0.39 is 0 Å².